The van der Waals surface area contributed by atoms with E-state index in [-0.39, 0.29) is 0 Å². The van der Waals surface area contributed by atoms with Gasteiger partial charge in [0.05, 0.1) is 0 Å². The quantitative estimate of drug-likeness (QED) is 0.819. The third kappa shape index (κ3) is 5.44. The van der Waals surface area contributed by atoms with E-state index in [2.05, 4.69) is 61.3 Å². The van der Waals surface area contributed by atoms with Crippen LogP contribution < -0.4 is 5.32 Å². The lowest BCUT2D eigenvalue weighted by molar-refractivity contribution is 0.171. The fourth-order valence-corrected chi connectivity index (χ4v) is 3.38. The predicted molar refractivity (Wildman–Crippen MR) is 91.8 cm³/mol. The third-order valence-electron chi connectivity index (χ3n) is 4.49. The Kier molecular flexibility index (Phi) is 6.72. The molecule has 0 aromatic heterocycles. The van der Waals surface area contributed by atoms with E-state index in [1.165, 1.54) is 44.5 Å². The zero-order valence-electron chi connectivity index (χ0n) is 14.0. The van der Waals surface area contributed by atoms with Crippen LogP contribution in [0.3, 0.4) is 0 Å². The van der Waals surface area contributed by atoms with Gasteiger partial charge in [-0.15, -0.1) is 0 Å². The molecule has 1 aromatic carbocycles. The van der Waals surface area contributed by atoms with Crippen LogP contribution in [-0.4, -0.2) is 37.1 Å². The number of nitrogens with one attached hydrogen (secondary N) is 1. The predicted octanol–water partition coefficient (Wildman–Crippen LogP) is 3.89. The minimum absolute atomic E-state index is 0.647. The van der Waals surface area contributed by atoms with Crippen molar-refractivity contribution in [2.75, 3.05) is 26.2 Å². The van der Waals surface area contributed by atoms with Crippen molar-refractivity contribution in [2.45, 2.75) is 52.0 Å². The second-order valence-electron chi connectivity index (χ2n) is 6.94. The highest BCUT2D eigenvalue weighted by Gasteiger charge is 2.27. The molecule has 1 aliphatic heterocycles. The molecule has 1 saturated heterocycles. The molecule has 2 heteroatoms. The Labute approximate surface area is 130 Å². The van der Waals surface area contributed by atoms with Crippen molar-refractivity contribution >= 4 is 0 Å². The molecule has 0 saturated carbocycles. The lowest BCUT2D eigenvalue weighted by Crippen LogP contribution is -2.49. The Morgan fingerprint density at radius 3 is 2.62 bits per heavy atom. The third-order valence-corrected chi connectivity index (χ3v) is 4.49. The summed E-state index contributed by atoms with van der Waals surface area (Å²) in [7, 11) is 0. The van der Waals surface area contributed by atoms with E-state index in [4.69, 9.17) is 0 Å². The maximum absolute atomic E-state index is 3.80. The summed E-state index contributed by atoms with van der Waals surface area (Å²) in [4.78, 5) is 2.65. The van der Waals surface area contributed by atoms with Gasteiger partial charge in [0.15, 0.2) is 0 Å². The zero-order chi connectivity index (χ0) is 15.1. The molecular weight excluding hydrogens is 256 g/mol. The average Bonchev–Trinajstić information content (AvgIpc) is 2.48. The van der Waals surface area contributed by atoms with Crippen LogP contribution >= 0.6 is 0 Å². The van der Waals surface area contributed by atoms with Gasteiger partial charge in [-0.2, -0.15) is 0 Å². The van der Waals surface area contributed by atoms with Crippen molar-refractivity contribution in [3.8, 4) is 0 Å². The van der Waals surface area contributed by atoms with Gasteiger partial charge in [-0.25, -0.2) is 0 Å². The highest BCUT2D eigenvalue weighted by Crippen LogP contribution is 2.27. The number of likely N-dealkylation sites (tertiary alicyclic amines) is 1. The van der Waals surface area contributed by atoms with E-state index >= 15 is 0 Å². The topological polar surface area (TPSA) is 15.3 Å². The molecule has 118 valence electrons. The molecule has 0 spiro atoms. The van der Waals surface area contributed by atoms with Gasteiger partial charge in [0.25, 0.3) is 0 Å². The molecule has 1 heterocycles. The van der Waals surface area contributed by atoms with Crippen molar-refractivity contribution < 1.29 is 0 Å². The van der Waals surface area contributed by atoms with Crippen LogP contribution in [0, 0.1) is 5.92 Å². The lowest BCUT2D eigenvalue weighted by atomic mass is 9.88. The number of rotatable bonds is 7. The van der Waals surface area contributed by atoms with Gasteiger partial charge in [-0.1, -0.05) is 51.1 Å². The Bertz CT molecular complexity index is 388. The smallest absolute Gasteiger partial charge is 0.0201 e. The van der Waals surface area contributed by atoms with Crippen LogP contribution in [0.4, 0.5) is 0 Å². The van der Waals surface area contributed by atoms with Crippen LogP contribution in [-0.2, 0) is 0 Å². The van der Waals surface area contributed by atoms with Crippen LogP contribution in [0.1, 0.15) is 51.5 Å². The summed E-state index contributed by atoms with van der Waals surface area (Å²) >= 11 is 0. The van der Waals surface area contributed by atoms with Crippen molar-refractivity contribution in [1.29, 1.82) is 0 Å². The SMILES string of the molecule is CCCN1CC(NCCC(C)C)CC(c2ccccc2)C1. The van der Waals surface area contributed by atoms with Gasteiger partial charge in [0.2, 0.25) is 0 Å². The standard InChI is InChI=1S/C19H32N2/c1-4-12-21-14-18(17-8-6-5-7-9-17)13-19(15-21)20-11-10-16(2)3/h5-9,16,18-20H,4,10-15H2,1-3H3. The summed E-state index contributed by atoms with van der Waals surface area (Å²) in [5, 5.41) is 3.80. The van der Waals surface area contributed by atoms with Gasteiger partial charge in [0.1, 0.15) is 0 Å². The summed E-state index contributed by atoms with van der Waals surface area (Å²) in [5.41, 5.74) is 1.51. The average molecular weight is 288 g/mol. The fourth-order valence-electron chi connectivity index (χ4n) is 3.38. The normalized spacial score (nSPS) is 23.6. The maximum atomic E-state index is 3.80. The lowest BCUT2D eigenvalue weighted by Gasteiger charge is -2.38. The van der Waals surface area contributed by atoms with E-state index in [0.29, 0.717) is 12.0 Å². The molecule has 2 unspecified atom stereocenters. The van der Waals surface area contributed by atoms with E-state index in [1.54, 1.807) is 0 Å². The summed E-state index contributed by atoms with van der Waals surface area (Å²) in [6.45, 7) is 11.7. The van der Waals surface area contributed by atoms with Gasteiger partial charge < -0.3 is 10.2 Å². The minimum atomic E-state index is 0.647. The zero-order valence-corrected chi connectivity index (χ0v) is 14.0. The molecule has 1 aliphatic rings. The Morgan fingerprint density at radius 2 is 1.95 bits per heavy atom. The van der Waals surface area contributed by atoms with Crippen molar-refractivity contribution in [3.63, 3.8) is 0 Å². The number of hydrogen-bond donors (Lipinski definition) is 1. The molecule has 1 aromatic rings. The molecule has 1 fully saturated rings. The number of piperidine rings is 1. The molecule has 0 aliphatic carbocycles. The summed E-state index contributed by atoms with van der Waals surface area (Å²) < 4.78 is 0. The van der Waals surface area contributed by atoms with Crippen LogP contribution in [0.5, 0.6) is 0 Å². The second kappa shape index (κ2) is 8.55. The van der Waals surface area contributed by atoms with Crippen LogP contribution in [0.2, 0.25) is 0 Å². The van der Waals surface area contributed by atoms with Crippen molar-refractivity contribution in [3.05, 3.63) is 35.9 Å². The second-order valence-corrected chi connectivity index (χ2v) is 6.94. The van der Waals surface area contributed by atoms with E-state index in [9.17, 15) is 0 Å². The first-order valence-corrected chi connectivity index (χ1v) is 8.69. The van der Waals surface area contributed by atoms with Crippen LogP contribution in [0.25, 0.3) is 0 Å². The monoisotopic (exact) mass is 288 g/mol. The molecule has 0 radical (unpaired) electrons. The molecule has 0 bridgehead atoms. The van der Waals surface area contributed by atoms with Crippen molar-refractivity contribution in [2.24, 2.45) is 5.92 Å². The molecule has 0 amide bonds. The Morgan fingerprint density at radius 1 is 1.19 bits per heavy atom. The van der Waals surface area contributed by atoms with Gasteiger partial charge in [-0.3, -0.25) is 0 Å². The van der Waals surface area contributed by atoms with Crippen LogP contribution in [0.15, 0.2) is 30.3 Å². The summed E-state index contributed by atoms with van der Waals surface area (Å²) in [5.74, 6) is 1.47. The minimum Gasteiger partial charge on any atom is -0.313 e. The highest BCUT2D eigenvalue weighted by atomic mass is 15.2. The van der Waals surface area contributed by atoms with Gasteiger partial charge >= 0.3 is 0 Å². The Balaban J connectivity index is 1.95. The summed E-state index contributed by atoms with van der Waals surface area (Å²) in [6.07, 6.45) is 3.81. The first kappa shape index (κ1) is 16.5. The maximum Gasteiger partial charge on any atom is 0.0201 e. The largest absolute Gasteiger partial charge is 0.313 e. The van der Waals surface area contributed by atoms with E-state index < -0.39 is 0 Å². The Hall–Kier alpha value is -0.860. The number of nitrogens with zero attached hydrogens (tertiary/aromatic N) is 1. The molecular formula is C19H32N2. The van der Waals surface area contributed by atoms with E-state index in [1.807, 2.05) is 0 Å². The molecule has 2 atom stereocenters. The van der Waals surface area contributed by atoms with Gasteiger partial charge in [0, 0.05) is 19.1 Å². The van der Waals surface area contributed by atoms with Crippen molar-refractivity contribution in [1.82, 2.24) is 10.2 Å². The molecule has 1 N–H and O–H groups in total. The number of hydrogen-bond acceptors (Lipinski definition) is 2. The fraction of sp³-hybridized carbons (Fsp3) is 0.684. The highest BCUT2D eigenvalue weighted by molar-refractivity contribution is 5.21. The summed E-state index contributed by atoms with van der Waals surface area (Å²) in [6, 6.07) is 11.7. The molecule has 2 nitrogen and oxygen atoms in total. The molecule has 2 rings (SSSR count). The first-order chi connectivity index (χ1) is 10.2. The first-order valence-electron chi connectivity index (χ1n) is 8.69. The van der Waals surface area contributed by atoms with Gasteiger partial charge in [-0.05, 0) is 49.8 Å². The molecule has 21 heavy (non-hydrogen) atoms. The van der Waals surface area contributed by atoms with E-state index in [0.717, 1.165) is 12.5 Å². The number of benzene rings is 1.